The summed E-state index contributed by atoms with van der Waals surface area (Å²) in [6.07, 6.45) is 3.82. The Hall–Kier alpha value is -2.60. The Morgan fingerprint density at radius 1 is 1.32 bits per heavy atom. The highest BCUT2D eigenvalue weighted by Gasteiger charge is 2.17. The Kier molecular flexibility index (Phi) is 5.85. The molecule has 1 aliphatic heterocycles. The maximum Gasteiger partial charge on any atom is 0.269 e. The first-order valence-electron chi connectivity index (χ1n) is 8.61. The third-order valence-electron chi connectivity index (χ3n) is 3.98. The predicted octanol–water partition coefficient (Wildman–Crippen LogP) is 3.13. The van der Waals surface area contributed by atoms with Crippen LogP contribution >= 0.6 is 0 Å². The molecule has 0 aliphatic carbocycles. The van der Waals surface area contributed by atoms with Gasteiger partial charge >= 0.3 is 0 Å². The second-order valence-corrected chi connectivity index (χ2v) is 5.83. The lowest BCUT2D eigenvalue weighted by molar-refractivity contribution is 0.0854. The quantitative estimate of drug-likeness (QED) is 0.809. The van der Waals surface area contributed by atoms with E-state index in [0.29, 0.717) is 18.8 Å². The highest BCUT2D eigenvalue weighted by molar-refractivity contribution is 5.92. The summed E-state index contributed by atoms with van der Waals surface area (Å²) in [6, 6.07) is 11.2. The molecule has 3 rings (SSSR count). The van der Waals surface area contributed by atoms with E-state index in [-0.39, 0.29) is 12.0 Å². The molecule has 25 heavy (non-hydrogen) atoms. The number of ether oxygens (including phenoxy) is 2. The molecule has 1 aromatic heterocycles. The Balaban J connectivity index is 1.59. The van der Waals surface area contributed by atoms with Crippen molar-refractivity contribution in [1.82, 2.24) is 10.3 Å². The van der Waals surface area contributed by atoms with Gasteiger partial charge in [0.1, 0.15) is 11.4 Å². The van der Waals surface area contributed by atoms with E-state index in [1.54, 1.807) is 12.3 Å². The fourth-order valence-electron chi connectivity index (χ4n) is 2.71. The number of nitrogens with one attached hydrogen (secondary N) is 2. The molecule has 2 heterocycles. The number of nitrogens with zero attached hydrogens (tertiary/aromatic N) is 1. The smallest absolute Gasteiger partial charge is 0.269 e. The molecule has 0 spiro atoms. The topological polar surface area (TPSA) is 72.5 Å². The van der Waals surface area contributed by atoms with Crippen molar-refractivity contribution < 1.29 is 14.3 Å². The van der Waals surface area contributed by atoms with Crippen molar-refractivity contribution in [1.29, 1.82) is 0 Å². The molecule has 1 aliphatic rings. The molecule has 0 saturated carbocycles. The molecule has 6 heteroatoms. The highest BCUT2D eigenvalue weighted by Crippen LogP contribution is 2.27. The number of rotatable bonds is 7. The van der Waals surface area contributed by atoms with E-state index in [4.69, 9.17) is 9.47 Å². The van der Waals surface area contributed by atoms with Gasteiger partial charge in [-0.25, -0.2) is 4.98 Å². The average molecular weight is 341 g/mol. The largest absolute Gasteiger partial charge is 0.492 e. The molecule has 2 aromatic rings. The van der Waals surface area contributed by atoms with Crippen LogP contribution in [0.4, 0.5) is 11.4 Å². The summed E-state index contributed by atoms with van der Waals surface area (Å²) in [5.41, 5.74) is 2.05. The van der Waals surface area contributed by atoms with Gasteiger partial charge in [-0.15, -0.1) is 0 Å². The number of carbonyl (C=O) groups is 1. The number of hydrogen-bond acceptors (Lipinski definition) is 5. The molecule has 2 N–H and O–H groups in total. The fourth-order valence-corrected chi connectivity index (χ4v) is 2.71. The van der Waals surface area contributed by atoms with Crippen LogP contribution in [0, 0.1) is 0 Å². The van der Waals surface area contributed by atoms with E-state index in [1.165, 1.54) is 0 Å². The number of aromatic nitrogens is 1. The van der Waals surface area contributed by atoms with Gasteiger partial charge in [-0.3, -0.25) is 4.79 Å². The third-order valence-corrected chi connectivity index (χ3v) is 3.98. The molecule has 1 unspecified atom stereocenters. The molecule has 132 valence electrons. The van der Waals surface area contributed by atoms with Gasteiger partial charge in [-0.1, -0.05) is 12.1 Å². The van der Waals surface area contributed by atoms with Crippen molar-refractivity contribution in [3.8, 4) is 5.75 Å². The van der Waals surface area contributed by atoms with Crippen LogP contribution in [-0.4, -0.2) is 36.8 Å². The monoisotopic (exact) mass is 341 g/mol. The lowest BCUT2D eigenvalue weighted by Crippen LogP contribution is -2.32. The van der Waals surface area contributed by atoms with Gasteiger partial charge in [0.25, 0.3) is 5.91 Å². The van der Waals surface area contributed by atoms with Crippen LogP contribution in [-0.2, 0) is 4.74 Å². The number of carbonyl (C=O) groups excluding carboxylic acids is 1. The zero-order valence-corrected chi connectivity index (χ0v) is 14.3. The van der Waals surface area contributed by atoms with Crippen LogP contribution in [0.3, 0.4) is 0 Å². The second-order valence-electron chi connectivity index (χ2n) is 5.83. The number of amides is 1. The molecule has 0 bridgehead atoms. The van der Waals surface area contributed by atoms with Crippen molar-refractivity contribution in [2.75, 3.05) is 25.1 Å². The van der Waals surface area contributed by atoms with Crippen LogP contribution in [0.15, 0.2) is 42.6 Å². The first kappa shape index (κ1) is 17.2. The van der Waals surface area contributed by atoms with Gasteiger partial charge in [0.05, 0.1) is 30.3 Å². The Morgan fingerprint density at radius 2 is 2.20 bits per heavy atom. The van der Waals surface area contributed by atoms with Gasteiger partial charge in [0.15, 0.2) is 0 Å². The van der Waals surface area contributed by atoms with E-state index in [1.807, 2.05) is 37.3 Å². The minimum Gasteiger partial charge on any atom is -0.492 e. The maximum atomic E-state index is 12.1. The zero-order chi connectivity index (χ0) is 17.5. The van der Waals surface area contributed by atoms with Crippen molar-refractivity contribution >= 4 is 17.3 Å². The zero-order valence-electron chi connectivity index (χ0n) is 14.3. The van der Waals surface area contributed by atoms with Crippen molar-refractivity contribution in [3.05, 3.63) is 48.3 Å². The first-order chi connectivity index (χ1) is 12.3. The summed E-state index contributed by atoms with van der Waals surface area (Å²) in [7, 11) is 0. The lowest BCUT2D eigenvalue weighted by Gasteiger charge is -2.13. The maximum absolute atomic E-state index is 12.1. The molecule has 1 amide bonds. The van der Waals surface area contributed by atoms with Crippen LogP contribution < -0.4 is 15.4 Å². The first-order valence-corrected chi connectivity index (χ1v) is 8.61. The minimum absolute atomic E-state index is 0.125. The third kappa shape index (κ3) is 4.70. The van der Waals surface area contributed by atoms with Gasteiger partial charge in [0, 0.05) is 13.2 Å². The van der Waals surface area contributed by atoms with E-state index < -0.39 is 0 Å². The van der Waals surface area contributed by atoms with Crippen LogP contribution in [0.25, 0.3) is 0 Å². The van der Waals surface area contributed by atoms with Crippen molar-refractivity contribution in [2.45, 2.75) is 25.9 Å². The standard InChI is InChI=1S/C19H23N3O3/c1-2-24-18-8-4-3-7-16(18)22-14-9-10-17(20-12-14)19(23)21-13-15-6-5-11-25-15/h3-4,7-10,12,15,22H,2,5-6,11,13H2,1H3,(H,21,23). The molecular formula is C19H23N3O3. The lowest BCUT2D eigenvalue weighted by atomic mass is 10.2. The molecule has 1 saturated heterocycles. The minimum atomic E-state index is -0.184. The Labute approximate surface area is 147 Å². The number of hydrogen-bond donors (Lipinski definition) is 2. The van der Waals surface area contributed by atoms with Gasteiger partial charge in [-0.2, -0.15) is 0 Å². The van der Waals surface area contributed by atoms with Crippen LogP contribution in [0.2, 0.25) is 0 Å². The summed E-state index contributed by atoms with van der Waals surface area (Å²) in [4.78, 5) is 16.4. The van der Waals surface area contributed by atoms with Gasteiger partial charge < -0.3 is 20.1 Å². The van der Waals surface area contributed by atoms with E-state index in [2.05, 4.69) is 15.6 Å². The van der Waals surface area contributed by atoms with Crippen LogP contribution in [0.1, 0.15) is 30.3 Å². The number of anilines is 2. The SMILES string of the molecule is CCOc1ccccc1Nc1ccc(C(=O)NCC2CCCO2)nc1. The molecule has 6 nitrogen and oxygen atoms in total. The Morgan fingerprint density at radius 3 is 2.92 bits per heavy atom. The molecule has 0 radical (unpaired) electrons. The normalized spacial score (nSPS) is 16.4. The van der Waals surface area contributed by atoms with E-state index >= 15 is 0 Å². The second kappa shape index (κ2) is 8.48. The molecule has 1 atom stereocenters. The van der Waals surface area contributed by atoms with Crippen LogP contribution in [0.5, 0.6) is 5.75 Å². The van der Waals surface area contributed by atoms with E-state index in [0.717, 1.165) is 36.6 Å². The van der Waals surface area contributed by atoms with Crippen molar-refractivity contribution in [2.24, 2.45) is 0 Å². The number of benzene rings is 1. The summed E-state index contributed by atoms with van der Waals surface area (Å²) in [6.45, 7) is 3.85. The Bertz CT molecular complexity index is 697. The number of para-hydroxylation sites is 2. The van der Waals surface area contributed by atoms with Gasteiger partial charge in [-0.05, 0) is 44.0 Å². The molecule has 1 fully saturated rings. The summed E-state index contributed by atoms with van der Waals surface area (Å²) in [5.74, 6) is 0.597. The average Bonchev–Trinajstić information content (AvgIpc) is 3.16. The molecular weight excluding hydrogens is 318 g/mol. The van der Waals surface area contributed by atoms with E-state index in [9.17, 15) is 4.79 Å². The number of pyridine rings is 1. The van der Waals surface area contributed by atoms with Gasteiger partial charge in [0.2, 0.25) is 0 Å². The van der Waals surface area contributed by atoms with Crippen molar-refractivity contribution in [3.63, 3.8) is 0 Å². The predicted molar refractivity (Wildman–Crippen MR) is 96.4 cm³/mol. The summed E-state index contributed by atoms with van der Waals surface area (Å²) >= 11 is 0. The summed E-state index contributed by atoms with van der Waals surface area (Å²) < 4.78 is 11.1. The summed E-state index contributed by atoms with van der Waals surface area (Å²) in [5, 5.41) is 6.13. The fraction of sp³-hybridized carbons (Fsp3) is 0.368. The highest BCUT2D eigenvalue weighted by atomic mass is 16.5. The molecule has 1 aromatic carbocycles.